The van der Waals surface area contributed by atoms with Gasteiger partial charge in [0.1, 0.15) is 0 Å². The molecule has 1 aromatic heterocycles. The molecule has 1 N–H and O–H groups in total. The molecule has 0 amide bonds. The first-order valence-electron chi connectivity index (χ1n) is 4.45. The lowest BCUT2D eigenvalue weighted by Crippen LogP contribution is -2.22. The van der Waals surface area contributed by atoms with Gasteiger partial charge in [0, 0.05) is 17.5 Å². The lowest BCUT2D eigenvalue weighted by Gasteiger charge is -2.25. The number of hydrogen-bond donors (Lipinski definition) is 1. The van der Waals surface area contributed by atoms with E-state index in [1.54, 1.807) is 11.3 Å². The van der Waals surface area contributed by atoms with Crippen LogP contribution in [0, 0.1) is 0 Å². The minimum Gasteiger partial charge on any atom is -0.392 e. The zero-order chi connectivity index (χ0) is 8.39. The molecule has 1 heterocycles. The Labute approximate surface area is 76.3 Å². The van der Waals surface area contributed by atoms with Gasteiger partial charge >= 0.3 is 0 Å². The normalized spacial score (nSPS) is 30.4. The van der Waals surface area contributed by atoms with Crippen molar-refractivity contribution >= 4 is 11.3 Å². The highest BCUT2D eigenvalue weighted by Crippen LogP contribution is 2.33. The molecule has 0 bridgehead atoms. The molecule has 3 heteroatoms. The monoisotopic (exact) mass is 183 g/mol. The lowest BCUT2D eigenvalue weighted by atomic mass is 9.87. The van der Waals surface area contributed by atoms with E-state index in [4.69, 9.17) is 0 Å². The first-order chi connectivity index (χ1) is 5.88. The molecule has 0 aliphatic heterocycles. The highest BCUT2D eigenvalue weighted by molar-refractivity contribution is 7.09. The van der Waals surface area contributed by atoms with Gasteiger partial charge in [-0.25, -0.2) is 4.98 Å². The smallest absolute Gasteiger partial charge is 0.0981 e. The van der Waals surface area contributed by atoms with Crippen LogP contribution in [0.4, 0.5) is 0 Å². The highest BCUT2D eigenvalue weighted by atomic mass is 32.1. The van der Waals surface area contributed by atoms with Crippen molar-refractivity contribution in [2.45, 2.75) is 37.7 Å². The van der Waals surface area contributed by atoms with Crippen molar-refractivity contribution in [2.24, 2.45) is 0 Å². The molecule has 1 aliphatic rings. The molecule has 1 aromatic rings. The van der Waals surface area contributed by atoms with Crippen LogP contribution in [0.3, 0.4) is 0 Å². The topological polar surface area (TPSA) is 33.1 Å². The first kappa shape index (κ1) is 8.20. The second kappa shape index (κ2) is 3.54. The minimum absolute atomic E-state index is 0.148. The number of nitrogens with zero attached hydrogens (tertiary/aromatic N) is 1. The van der Waals surface area contributed by atoms with Crippen LogP contribution < -0.4 is 0 Å². The van der Waals surface area contributed by atoms with E-state index in [0.717, 1.165) is 17.8 Å². The summed E-state index contributed by atoms with van der Waals surface area (Å²) in [6, 6.07) is 0. The first-order valence-corrected chi connectivity index (χ1v) is 5.33. The van der Waals surface area contributed by atoms with Gasteiger partial charge < -0.3 is 5.11 Å². The third-order valence-corrected chi connectivity index (χ3v) is 3.41. The Morgan fingerprint density at radius 1 is 1.42 bits per heavy atom. The molecule has 0 saturated heterocycles. The van der Waals surface area contributed by atoms with Gasteiger partial charge in [-0.2, -0.15) is 0 Å². The van der Waals surface area contributed by atoms with Crippen LogP contribution in [-0.4, -0.2) is 16.2 Å². The molecule has 0 spiro atoms. The van der Waals surface area contributed by atoms with Crippen molar-refractivity contribution < 1.29 is 5.11 Å². The summed E-state index contributed by atoms with van der Waals surface area (Å²) in [5.41, 5.74) is 0. The fraction of sp³-hybridized carbons (Fsp3) is 0.667. The van der Waals surface area contributed by atoms with E-state index in [1.807, 2.05) is 11.6 Å². The molecule has 2 nitrogen and oxygen atoms in total. The van der Waals surface area contributed by atoms with Crippen molar-refractivity contribution in [3.63, 3.8) is 0 Å². The van der Waals surface area contributed by atoms with Gasteiger partial charge in [0.15, 0.2) is 0 Å². The van der Waals surface area contributed by atoms with Crippen LogP contribution in [-0.2, 0) is 0 Å². The average molecular weight is 183 g/mol. The Hall–Kier alpha value is -0.410. The fourth-order valence-corrected chi connectivity index (χ4v) is 2.65. The molecule has 1 aliphatic carbocycles. The summed E-state index contributed by atoms with van der Waals surface area (Å²) in [7, 11) is 0. The molecular formula is C9H13NOS. The van der Waals surface area contributed by atoms with Gasteiger partial charge in [-0.3, -0.25) is 0 Å². The zero-order valence-electron chi connectivity index (χ0n) is 6.94. The number of hydrogen-bond acceptors (Lipinski definition) is 3. The predicted octanol–water partition coefficient (Wildman–Crippen LogP) is 2.16. The van der Waals surface area contributed by atoms with Crippen molar-refractivity contribution in [1.82, 2.24) is 4.98 Å². The van der Waals surface area contributed by atoms with Gasteiger partial charge in [0.2, 0.25) is 0 Å². The summed E-state index contributed by atoms with van der Waals surface area (Å²) in [6.07, 6.45) is 6.13. The van der Waals surface area contributed by atoms with Crippen LogP contribution in [0.5, 0.6) is 0 Å². The molecule has 0 aromatic carbocycles. The second-order valence-electron chi connectivity index (χ2n) is 3.33. The highest BCUT2D eigenvalue weighted by Gasteiger charge is 2.25. The minimum atomic E-state index is -0.148. The molecule has 0 radical (unpaired) electrons. The number of aliphatic hydroxyl groups is 1. The number of aliphatic hydroxyl groups excluding tert-OH is 1. The van der Waals surface area contributed by atoms with Gasteiger partial charge in [0.25, 0.3) is 0 Å². The van der Waals surface area contributed by atoms with E-state index in [1.165, 1.54) is 12.8 Å². The van der Waals surface area contributed by atoms with Gasteiger partial charge in [0.05, 0.1) is 11.1 Å². The summed E-state index contributed by atoms with van der Waals surface area (Å²) in [4.78, 5) is 4.25. The van der Waals surface area contributed by atoms with Crippen LogP contribution in [0.1, 0.15) is 36.6 Å². The van der Waals surface area contributed by atoms with Crippen molar-refractivity contribution in [3.8, 4) is 0 Å². The van der Waals surface area contributed by atoms with Crippen molar-refractivity contribution in [2.75, 3.05) is 0 Å². The number of aromatic nitrogens is 1. The van der Waals surface area contributed by atoms with Crippen LogP contribution >= 0.6 is 11.3 Å². The number of rotatable bonds is 1. The lowest BCUT2D eigenvalue weighted by molar-refractivity contribution is 0.106. The Morgan fingerprint density at radius 3 is 2.92 bits per heavy atom. The summed E-state index contributed by atoms with van der Waals surface area (Å²) in [6.45, 7) is 0. The summed E-state index contributed by atoms with van der Waals surface area (Å²) < 4.78 is 0. The maximum absolute atomic E-state index is 9.71. The third-order valence-electron chi connectivity index (χ3n) is 2.50. The van der Waals surface area contributed by atoms with Crippen LogP contribution in [0.25, 0.3) is 0 Å². The SMILES string of the molecule is O[C@@H]1CCCC[C@H]1c1nccs1. The second-order valence-corrected chi connectivity index (χ2v) is 4.25. The predicted molar refractivity (Wildman–Crippen MR) is 49.3 cm³/mol. The summed E-state index contributed by atoms with van der Waals surface area (Å²) >= 11 is 1.66. The van der Waals surface area contributed by atoms with Crippen molar-refractivity contribution in [3.05, 3.63) is 16.6 Å². The van der Waals surface area contributed by atoms with E-state index < -0.39 is 0 Å². The Morgan fingerprint density at radius 2 is 2.25 bits per heavy atom. The largest absolute Gasteiger partial charge is 0.392 e. The van der Waals surface area contributed by atoms with E-state index >= 15 is 0 Å². The maximum atomic E-state index is 9.71. The fourth-order valence-electron chi connectivity index (χ4n) is 1.82. The van der Waals surface area contributed by atoms with E-state index in [2.05, 4.69) is 4.98 Å². The van der Waals surface area contributed by atoms with Crippen LogP contribution in [0.15, 0.2) is 11.6 Å². The van der Waals surface area contributed by atoms with Crippen molar-refractivity contribution in [1.29, 1.82) is 0 Å². The average Bonchev–Trinajstić information content (AvgIpc) is 2.57. The van der Waals surface area contributed by atoms with Gasteiger partial charge in [-0.15, -0.1) is 11.3 Å². The van der Waals surface area contributed by atoms with E-state index in [-0.39, 0.29) is 6.10 Å². The molecule has 2 rings (SSSR count). The Balaban J connectivity index is 2.11. The summed E-state index contributed by atoms with van der Waals surface area (Å²) in [5, 5.41) is 12.8. The Kier molecular flexibility index (Phi) is 2.42. The van der Waals surface area contributed by atoms with E-state index in [0.29, 0.717) is 5.92 Å². The third kappa shape index (κ3) is 1.52. The molecule has 12 heavy (non-hydrogen) atoms. The van der Waals surface area contributed by atoms with E-state index in [9.17, 15) is 5.11 Å². The van der Waals surface area contributed by atoms with Gasteiger partial charge in [-0.1, -0.05) is 12.8 Å². The maximum Gasteiger partial charge on any atom is 0.0981 e. The molecule has 66 valence electrons. The molecular weight excluding hydrogens is 170 g/mol. The molecule has 0 unspecified atom stereocenters. The standard InChI is InChI=1S/C9H13NOS/c11-8-4-2-1-3-7(8)9-10-5-6-12-9/h5-8,11H,1-4H2/t7-,8-/m1/s1. The molecule has 1 saturated carbocycles. The molecule has 2 atom stereocenters. The van der Waals surface area contributed by atoms with Gasteiger partial charge in [-0.05, 0) is 12.8 Å². The Bertz CT molecular complexity index is 235. The van der Waals surface area contributed by atoms with Crippen LogP contribution in [0.2, 0.25) is 0 Å². The molecule has 1 fully saturated rings. The number of thiazole rings is 1. The quantitative estimate of drug-likeness (QED) is 0.723. The zero-order valence-corrected chi connectivity index (χ0v) is 7.76. The summed E-state index contributed by atoms with van der Waals surface area (Å²) in [5.74, 6) is 0.318.